The molecule has 26 heavy (non-hydrogen) atoms. The molecule has 0 spiro atoms. The first-order valence-electron chi connectivity index (χ1n) is 8.26. The van der Waals surface area contributed by atoms with Crippen LogP contribution in [0.25, 0.3) is 0 Å². The van der Waals surface area contributed by atoms with Gasteiger partial charge in [0.15, 0.2) is 5.96 Å². The number of para-hydroxylation sites is 1. The molecule has 0 saturated carbocycles. The third-order valence-electron chi connectivity index (χ3n) is 4.06. The van der Waals surface area contributed by atoms with Crippen LogP contribution in [0.5, 0.6) is 5.75 Å². The molecule has 144 valence electrons. The van der Waals surface area contributed by atoms with Crippen molar-refractivity contribution in [1.29, 1.82) is 0 Å². The predicted molar refractivity (Wildman–Crippen MR) is 116 cm³/mol. The van der Waals surface area contributed by atoms with Crippen molar-refractivity contribution in [2.75, 3.05) is 34.8 Å². The third kappa shape index (κ3) is 6.17. The monoisotopic (exact) mass is 472 g/mol. The van der Waals surface area contributed by atoms with E-state index in [4.69, 9.17) is 4.74 Å². The first-order chi connectivity index (χ1) is 12.0. The molecule has 1 heterocycles. The van der Waals surface area contributed by atoms with Gasteiger partial charge in [0, 0.05) is 44.5 Å². The van der Waals surface area contributed by atoms with Gasteiger partial charge in [-0.1, -0.05) is 18.2 Å². The zero-order chi connectivity index (χ0) is 18.2. The number of nitrogens with one attached hydrogen (secondary N) is 2. The lowest BCUT2D eigenvalue weighted by Gasteiger charge is -2.24. The molecule has 1 aromatic carbocycles. The van der Waals surface area contributed by atoms with Crippen LogP contribution in [0.3, 0.4) is 0 Å². The number of ether oxygens (including phenoxy) is 1. The SMILES string of the molecule is CN=C(NCc1ccccc1OC)NCC(c1cnn(C)c1)N(C)C.I. The summed E-state index contributed by atoms with van der Waals surface area (Å²) in [6, 6.07) is 8.17. The molecule has 0 aliphatic heterocycles. The van der Waals surface area contributed by atoms with E-state index in [1.54, 1.807) is 14.2 Å². The number of halogens is 1. The standard InChI is InChI=1S/C18H28N6O.HI/c1-19-18(20-10-14-8-6-7-9-17(14)25-5)21-12-16(23(2)3)15-11-22-24(4)13-15;/h6-9,11,13,16H,10,12H2,1-5H3,(H2,19,20,21);1H. The highest BCUT2D eigenvalue weighted by Crippen LogP contribution is 2.17. The topological polar surface area (TPSA) is 66.7 Å². The molecule has 1 atom stereocenters. The van der Waals surface area contributed by atoms with E-state index in [9.17, 15) is 0 Å². The number of likely N-dealkylation sites (N-methyl/N-ethyl adjacent to an activating group) is 1. The fourth-order valence-electron chi connectivity index (χ4n) is 2.65. The number of methoxy groups -OCH3 is 1. The van der Waals surface area contributed by atoms with Crippen LogP contribution in [-0.2, 0) is 13.6 Å². The average molecular weight is 472 g/mol. The van der Waals surface area contributed by atoms with E-state index in [0.717, 1.165) is 23.8 Å². The molecule has 0 fully saturated rings. The second kappa shape index (κ2) is 11.0. The summed E-state index contributed by atoms with van der Waals surface area (Å²) in [4.78, 5) is 6.47. The molecule has 0 amide bonds. The smallest absolute Gasteiger partial charge is 0.191 e. The van der Waals surface area contributed by atoms with E-state index >= 15 is 0 Å². The minimum atomic E-state index is 0. The molecule has 0 saturated heterocycles. The maximum Gasteiger partial charge on any atom is 0.191 e. The van der Waals surface area contributed by atoms with Gasteiger partial charge < -0.3 is 20.3 Å². The van der Waals surface area contributed by atoms with Gasteiger partial charge in [-0.15, -0.1) is 24.0 Å². The molecule has 0 bridgehead atoms. The summed E-state index contributed by atoms with van der Waals surface area (Å²) in [7, 11) is 9.50. The Morgan fingerprint density at radius 1 is 1.31 bits per heavy atom. The molecule has 1 aromatic heterocycles. The fourth-order valence-corrected chi connectivity index (χ4v) is 2.65. The minimum Gasteiger partial charge on any atom is -0.496 e. The van der Waals surface area contributed by atoms with Gasteiger partial charge in [-0.3, -0.25) is 9.67 Å². The summed E-state index contributed by atoms with van der Waals surface area (Å²) >= 11 is 0. The number of benzene rings is 1. The van der Waals surface area contributed by atoms with E-state index in [1.165, 1.54) is 5.56 Å². The summed E-state index contributed by atoms with van der Waals surface area (Å²) < 4.78 is 7.20. The van der Waals surface area contributed by atoms with Gasteiger partial charge >= 0.3 is 0 Å². The van der Waals surface area contributed by atoms with E-state index in [2.05, 4.69) is 39.7 Å². The van der Waals surface area contributed by atoms with Crippen LogP contribution in [0.15, 0.2) is 41.7 Å². The molecule has 0 aliphatic rings. The van der Waals surface area contributed by atoms with Crippen molar-refractivity contribution in [3.8, 4) is 5.75 Å². The average Bonchev–Trinajstić information content (AvgIpc) is 3.03. The number of aromatic nitrogens is 2. The molecule has 8 heteroatoms. The van der Waals surface area contributed by atoms with Crippen molar-refractivity contribution in [2.24, 2.45) is 12.0 Å². The van der Waals surface area contributed by atoms with Crippen molar-refractivity contribution >= 4 is 29.9 Å². The molecule has 2 N–H and O–H groups in total. The summed E-state index contributed by atoms with van der Waals surface area (Å²) in [6.45, 7) is 1.37. The van der Waals surface area contributed by atoms with Crippen molar-refractivity contribution in [3.05, 3.63) is 47.8 Å². The third-order valence-corrected chi connectivity index (χ3v) is 4.06. The highest BCUT2D eigenvalue weighted by Gasteiger charge is 2.16. The summed E-state index contributed by atoms with van der Waals surface area (Å²) in [5.74, 6) is 1.62. The Hall–Kier alpha value is -1.81. The second-order valence-electron chi connectivity index (χ2n) is 6.05. The van der Waals surface area contributed by atoms with Gasteiger partial charge in [0.1, 0.15) is 5.75 Å². The largest absolute Gasteiger partial charge is 0.496 e. The van der Waals surface area contributed by atoms with Gasteiger partial charge in [0.2, 0.25) is 0 Å². The second-order valence-corrected chi connectivity index (χ2v) is 6.05. The minimum absolute atomic E-state index is 0. The van der Waals surface area contributed by atoms with Gasteiger partial charge in [0.25, 0.3) is 0 Å². The first kappa shape index (κ1) is 22.2. The van der Waals surface area contributed by atoms with Crippen LogP contribution in [0.2, 0.25) is 0 Å². The van der Waals surface area contributed by atoms with Crippen molar-refractivity contribution in [1.82, 2.24) is 25.3 Å². The summed E-state index contributed by atoms with van der Waals surface area (Å²) in [5.41, 5.74) is 2.25. The highest BCUT2D eigenvalue weighted by molar-refractivity contribution is 14.0. The molecule has 1 unspecified atom stereocenters. The van der Waals surface area contributed by atoms with Crippen LogP contribution in [0.1, 0.15) is 17.2 Å². The maximum absolute atomic E-state index is 5.38. The lowest BCUT2D eigenvalue weighted by molar-refractivity contribution is 0.298. The van der Waals surface area contributed by atoms with Gasteiger partial charge in [-0.25, -0.2) is 0 Å². The normalized spacial score (nSPS) is 12.5. The fraction of sp³-hybridized carbons (Fsp3) is 0.444. The van der Waals surface area contributed by atoms with Gasteiger partial charge in [-0.05, 0) is 20.2 Å². The summed E-state index contributed by atoms with van der Waals surface area (Å²) in [6.07, 6.45) is 3.94. The molecule has 2 aromatic rings. The van der Waals surface area contributed by atoms with E-state index in [1.807, 2.05) is 48.4 Å². The Morgan fingerprint density at radius 2 is 2.04 bits per heavy atom. The quantitative estimate of drug-likeness (QED) is 0.367. The number of hydrogen-bond donors (Lipinski definition) is 2. The number of aryl methyl sites for hydroxylation is 1. The number of rotatable bonds is 7. The van der Waals surface area contributed by atoms with Gasteiger partial charge in [-0.2, -0.15) is 5.10 Å². The Labute approximate surface area is 172 Å². The van der Waals surface area contributed by atoms with E-state index in [-0.39, 0.29) is 30.0 Å². The summed E-state index contributed by atoms with van der Waals surface area (Å²) in [5, 5.41) is 11.0. The Balaban J connectivity index is 0.00000338. The Morgan fingerprint density at radius 3 is 2.62 bits per heavy atom. The molecule has 0 radical (unpaired) electrons. The molecule has 7 nitrogen and oxygen atoms in total. The Kier molecular flexibility index (Phi) is 9.42. The number of hydrogen-bond acceptors (Lipinski definition) is 4. The first-order valence-corrected chi connectivity index (χ1v) is 8.26. The molecule has 0 aliphatic carbocycles. The van der Waals surface area contributed by atoms with Crippen molar-refractivity contribution in [2.45, 2.75) is 12.6 Å². The highest BCUT2D eigenvalue weighted by atomic mass is 127. The molecular formula is C18H29IN6O. The van der Waals surface area contributed by atoms with E-state index < -0.39 is 0 Å². The van der Waals surface area contributed by atoms with Crippen LogP contribution in [0, 0.1) is 0 Å². The molecular weight excluding hydrogens is 443 g/mol. The maximum atomic E-state index is 5.38. The Bertz CT molecular complexity index is 700. The number of aliphatic imine (C=N–C) groups is 1. The van der Waals surface area contributed by atoms with Crippen molar-refractivity contribution in [3.63, 3.8) is 0 Å². The lowest BCUT2D eigenvalue weighted by Crippen LogP contribution is -2.41. The molecule has 2 rings (SSSR count). The van der Waals surface area contributed by atoms with Crippen LogP contribution < -0.4 is 15.4 Å². The van der Waals surface area contributed by atoms with E-state index in [0.29, 0.717) is 6.54 Å². The zero-order valence-electron chi connectivity index (χ0n) is 16.1. The lowest BCUT2D eigenvalue weighted by atomic mass is 10.1. The van der Waals surface area contributed by atoms with Gasteiger partial charge in [0.05, 0.1) is 19.3 Å². The zero-order valence-corrected chi connectivity index (χ0v) is 18.4. The van der Waals surface area contributed by atoms with Crippen LogP contribution in [-0.4, -0.2) is 55.4 Å². The van der Waals surface area contributed by atoms with Crippen molar-refractivity contribution < 1.29 is 4.74 Å². The predicted octanol–water partition coefficient (Wildman–Crippen LogP) is 2.01. The number of guanidine groups is 1. The van der Waals surface area contributed by atoms with Crippen LogP contribution in [0.4, 0.5) is 0 Å². The van der Waals surface area contributed by atoms with Crippen LogP contribution >= 0.6 is 24.0 Å². The number of nitrogens with zero attached hydrogens (tertiary/aromatic N) is 4.